The molecule has 2 unspecified atom stereocenters. The topological polar surface area (TPSA) is 90.1 Å². The number of nitrogens with zero attached hydrogens (tertiary/aromatic N) is 2. The van der Waals surface area contributed by atoms with Crippen LogP contribution in [0.4, 0.5) is 0 Å². The summed E-state index contributed by atoms with van der Waals surface area (Å²) in [4.78, 5) is 36.8. The molecule has 2 amide bonds. The number of aromatic amines is 1. The number of aromatic nitrogens is 2. The fourth-order valence-electron chi connectivity index (χ4n) is 4.46. The molecule has 3 N–H and O–H groups in total. The van der Waals surface area contributed by atoms with Gasteiger partial charge in [-0.2, -0.15) is 0 Å². The van der Waals surface area contributed by atoms with E-state index in [1.807, 2.05) is 19.2 Å². The fourth-order valence-corrected chi connectivity index (χ4v) is 5.70. The summed E-state index contributed by atoms with van der Waals surface area (Å²) < 4.78 is 0. The molecule has 2 atom stereocenters. The number of thiazole rings is 1. The molecular formula is C22H24ClN5O2S. The van der Waals surface area contributed by atoms with Crippen LogP contribution in [0.5, 0.6) is 0 Å². The van der Waals surface area contributed by atoms with Crippen molar-refractivity contribution in [2.45, 2.75) is 50.9 Å². The molecule has 2 aromatic heterocycles. The Hall–Kier alpha value is -2.42. The number of fused-ring (bicyclic) bond motifs is 2. The molecule has 7 nitrogen and oxygen atoms in total. The van der Waals surface area contributed by atoms with Crippen LogP contribution >= 0.6 is 22.9 Å². The molecule has 0 saturated heterocycles. The van der Waals surface area contributed by atoms with E-state index in [-0.39, 0.29) is 23.9 Å². The Morgan fingerprint density at radius 3 is 2.61 bits per heavy atom. The lowest BCUT2D eigenvalue weighted by atomic mass is 9.90. The van der Waals surface area contributed by atoms with E-state index in [1.165, 1.54) is 16.2 Å². The highest BCUT2D eigenvalue weighted by Crippen LogP contribution is 2.28. The molecule has 3 aromatic rings. The Labute approximate surface area is 189 Å². The number of rotatable bonds is 4. The summed E-state index contributed by atoms with van der Waals surface area (Å²) in [6.45, 7) is 1.63. The van der Waals surface area contributed by atoms with Crippen LogP contribution in [0.15, 0.2) is 24.3 Å². The highest BCUT2D eigenvalue weighted by atomic mass is 35.5. The molecule has 2 aliphatic rings. The number of amides is 2. The largest absolute Gasteiger partial charge is 0.351 e. The van der Waals surface area contributed by atoms with Crippen molar-refractivity contribution in [1.29, 1.82) is 0 Å². The van der Waals surface area contributed by atoms with Gasteiger partial charge in [0.1, 0.15) is 5.69 Å². The molecule has 1 aliphatic carbocycles. The standard InChI is InChI=1S/C22H24ClN5O2S/c1-28-10-18-19(11-28)31-22(27-18)21(30)26-16-5-3-2-4-15(16)25-20(29)17-9-12-8-13(23)6-7-14(12)24-17/h6-9,15-16,24H,2-5,10-11H2,1H3,(H,25,29)(H,26,30). The molecule has 31 heavy (non-hydrogen) atoms. The van der Waals surface area contributed by atoms with E-state index in [1.54, 1.807) is 12.1 Å². The number of hydrogen-bond donors (Lipinski definition) is 3. The van der Waals surface area contributed by atoms with Crippen LogP contribution in [0.2, 0.25) is 5.02 Å². The molecule has 3 heterocycles. The highest BCUT2D eigenvalue weighted by molar-refractivity contribution is 7.13. The van der Waals surface area contributed by atoms with Gasteiger partial charge >= 0.3 is 0 Å². The van der Waals surface area contributed by atoms with Gasteiger partial charge in [-0.15, -0.1) is 11.3 Å². The van der Waals surface area contributed by atoms with E-state index in [4.69, 9.17) is 11.6 Å². The first-order valence-corrected chi connectivity index (χ1v) is 11.7. The third-order valence-electron chi connectivity index (χ3n) is 6.03. The summed E-state index contributed by atoms with van der Waals surface area (Å²) >= 11 is 7.52. The van der Waals surface area contributed by atoms with Crippen LogP contribution in [-0.2, 0) is 13.1 Å². The summed E-state index contributed by atoms with van der Waals surface area (Å²) in [5.41, 5.74) is 2.36. The first-order chi connectivity index (χ1) is 15.0. The molecule has 0 bridgehead atoms. The van der Waals surface area contributed by atoms with Gasteiger partial charge in [-0.05, 0) is 44.2 Å². The maximum Gasteiger partial charge on any atom is 0.280 e. The van der Waals surface area contributed by atoms with Gasteiger partial charge in [0.05, 0.1) is 5.69 Å². The van der Waals surface area contributed by atoms with Crippen molar-refractivity contribution in [3.8, 4) is 0 Å². The predicted octanol–water partition coefficient (Wildman–Crippen LogP) is 3.69. The predicted molar refractivity (Wildman–Crippen MR) is 122 cm³/mol. The van der Waals surface area contributed by atoms with Gasteiger partial charge in [0.25, 0.3) is 11.8 Å². The molecule has 0 radical (unpaired) electrons. The van der Waals surface area contributed by atoms with Crippen LogP contribution in [0, 0.1) is 0 Å². The minimum atomic E-state index is -0.172. The average Bonchev–Trinajstić information content (AvgIpc) is 3.41. The molecule has 1 saturated carbocycles. The maximum atomic E-state index is 12.9. The second-order valence-electron chi connectivity index (χ2n) is 8.42. The van der Waals surface area contributed by atoms with Crippen molar-refractivity contribution in [1.82, 2.24) is 25.5 Å². The smallest absolute Gasteiger partial charge is 0.280 e. The summed E-state index contributed by atoms with van der Waals surface area (Å²) in [5, 5.41) is 8.29. The lowest BCUT2D eigenvalue weighted by Crippen LogP contribution is -2.53. The van der Waals surface area contributed by atoms with Crippen LogP contribution in [-0.4, -0.2) is 45.8 Å². The SMILES string of the molecule is CN1Cc2nc(C(=O)NC3CCCCC3NC(=O)c3cc4cc(Cl)ccc4[nH]3)sc2C1. The van der Waals surface area contributed by atoms with Crippen LogP contribution in [0.3, 0.4) is 0 Å². The van der Waals surface area contributed by atoms with Crippen molar-refractivity contribution in [3.63, 3.8) is 0 Å². The number of halogens is 1. The van der Waals surface area contributed by atoms with Crippen LogP contribution < -0.4 is 10.6 Å². The van der Waals surface area contributed by atoms with Gasteiger partial charge in [-0.25, -0.2) is 4.98 Å². The Morgan fingerprint density at radius 1 is 1.13 bits per heavy atom. The zero-order chi connectivity index (χ0) is 21.5. The molecule has 1 aromatic carbocycles. The number of nitrogens with one attached hydrogen (secondary N) is 3. The fraction of sp³-hybridized carbons (Fsp3) is 0.409. The highest BCUT2D eigenvalue weighted by Gasteiger charge is 2.30. The maximum absolute atomic E-state index is 12.9. The Kier molecular flexibility index (Phi) is 5.45. The average molecular weight is 458 g/mol. The summed E-state index contributed by atoms with van der Waals surface area (Å²) in [5.74, 6) is -0.316. The van der Waals surface area contributed by atoms with Crippen molar-refractivity contribution in [2.24, 2.45) is 0 Å². The minimum Gasteiger partial charge on any atom is -0.351 e. The van der Waals surface area contributed by atoms with Crippen molar-refractivity contribution < 1.29 is 9.59 Å². The minimum absolute atomic E-state index is 0.106. The number of benzene rings is 1. The van der Waals surface area contributed by atoms with Gasteiger partial charge in [0, 0.05) is 46.0 Å². The first-order valence-electron chi connectivity index (χ1n) is 10.5. The molecule has 162 valence electrons. The molecule has 1 fully saturated rings. The van der Waals surface area contributed by atoms with Crippen LogP contribution in [0.25, 0.3) is 10.9 Å². The number of carbonyl (C=O) groups is 2. The Balaban J connectivity index is 1.27. The molecular weight excluding hydrogens is 434 g/mol. The van der Waals surface area contributed by atoms with Crippen molar-refractivity contribution in [3.05, 3.63) is 50.6 Å². The van der Waals surface area contributed by atoms with Gasteiger partial charge in [-0.3, -0.25) is 14.5 Å². The molecule has 5 rings (SSSR count). The summed E-state index contributed by atoms with van der Waals surface area (Å²) in [6, 6.07) is 7.07. The number of hydrogen-bond acceptors (Lipinski definition) is 5. The van der Waals surface area contributed by atoms with E-state index in [0.717, 1.165) is 55.4 Å². The van der Waals surface area contributed by atoms with Crippen molar-refractivity contribution >= 4 is 45.7 Å². The van der Waals surface area contributed by atoms with Crippen LogP contribution in [0.1, 0.15) is 56.5 Å². The summed E-state index contributed by atoms with van der Waals surface area (Å²) in [6.07, 6.45) is 3.73. The third-order valence-corrected chi connectivity index (χ3v) is 7.35. The van der Waals surface area contributed by atoms with Crippen molar-refractivity contribution in [2.75, 3.05) is 7.05 Å². The van der Waals surface area contributed by atoms with E-state index >= 15 is 0 Å². The van der Waals surface area contributed by atoms with E-state index in [2.05, 4.69) is 25.5 Å². The zero-order valence-corrected chi connectivity index (χ0v) is 18.8. The first kappa shape index (κ1) is 20.5. The van der Waals surface area contributed by atoms with Gasteiger partial charge in [0.15, 0.2) is 5.01 Å². The monoisotopic (exact) mass is 457 g/mol. The normalized spacial score (nSPS) is 21.2. The molecule has 9 heteroatoms. The van der Waals surface area contributed by atoms with Gasteiger partial charge in [0.2, 0.25) is 0 Å². The Bertz CT molecular complexity index is 1130. The van der Waals surface area contributed by atoms with Gasteiger partial charge in [-0.1, -0.05) is 24.4 Å². The molecule has 0 spiro atoms. The molecule has 1 aliphatic heterocycles. The summed E-state index contributed by atoms with van der Waals surface area (Å²) in [7, 11) is 2.05. The lowest BCUT2D eigenvalue weighted by molar-refractivity contribution is 0.0860. The Morgan fingerprint density at radius 2 is 1.87 bits per heavy atom. The third kappa shape index (κ3) is 4.20. The lowest BCUT2D eigenvalue weighted by Gasteiger charge is -2.32. The zero-order valence-electron chi connectivity index (χ0n) is 17.2. The quantitative estimate of drug-likeness (QED) is 0.557. The van der Waals surface area contributed by atoms with E-state index in [9.17, 15) is 9.59 Å². The van der Waals surface area contributed by atoms with E-state index in [0.29, 0.717) is 15.7 Å². The number of H-pyrrole nitrogens is 1. The second kappa shape index (κ2) is 8.26. The number of carbonyl (C=O) groups excluding carboxylic acids is 2. The second-order valence-corrected chi connectivity index (χ2v) is 9.94. The van der Waals surface area contributed by atoms with E-state index < -0.39 is 0 Å². The van der Waals surface area contributed by atoms with Gasteiger partial charge < -0.3 is 15.6 Å².